The Balaban J connectivity index is 1.31. The predicted molar refractivity (Wildman–Crippen MR) is 166 cm³/mol. The standard InChI is InChI=1S/C35H40N2O9/c1-22(33(40)41-19-25-13-7-4-8-14-25)36-32(39)23(2)44-31-29(37-24(3)38)35(42-20-26-15-9-5-10-16-26)45-28-21-43-34(46-30(28)31)27-17-11-6-12-18-27/h4-18,22-23,28-31,34-35H,19-21H2,1-3H3,(H,36,39)(H,37,38)/t22-,23-,28-,29-,30+,31+,34+,35+/m0/s1. The molecule has 0 radical (unpaired) electrons. The van der Waals surface area contributed by atoms with Crippen LogP contribution in [0, 0.1) is 0 Å². The van der Waals surface area contributed by atoms with Crippen molar-refractivity contribution in [3.8, 4) is 0 Å². The monoisotopic (exact) mass is 632 g/mol. The maximum atomic E-state index is 13.3. The second-order valence-electron chi connectivity index (χ2n) is 11.3. The molecule has 0 saturated carbocycles. The summed E-state index contributed by atoms with van der Waals surface area (Å²) >= 11 is 0. The Morgan fingerprint density at radius 3 is 2.09 bits per heavy atom. The highest BCUT2D eigenvalue weighted by molar-refractivity contribution is 5.86. The Hall–Kier alpha value is -4.13. The molecule has 46 heavy (non-hydrogen) atoms. The molecule has 5 rings (SSSR count). The van der Waals surface area contributed by atoms with Crippen LogP contribution in [-0.4, -0.2) is 67.2 Å². The number of hydrogen-bond donors (Lipinski definition) is 2. The van der Waals surface area contributed by atoms with Gasteiger partial charge in [0, 0.05) is 12.5 Å². The van der Waals surface area contributed by atoms with Crippen LogP contribution in [0.4, 0.5) is 0 Å². The number of benzene rings is 3. The van der Waals surface area contributed by atoms with E-state index in [1.807, 2.05) is 91.0 Å². The van der Waals surface area contributed by atoms with Crippen LogP contribution in [0.25, 0.3) is 0 Å². The van der Waals surface area contributed by atoms with E-state index in [-0.39, 0.29) is 25.7 Å². The zero-order valence-corrected chi connectivity index (χ0v) is 26.1. The van der Waals surface area contributed by atoms with Crippen LogP contribution in [0.15, 0.2) is 91.0 Å². The Morgan fingerprint density at radius 1 is 0.848 bits per heavy atom. The van der Waals surface area contributed by atoms with Gasteiger partial charge in [0.25, 0.3) is 0 Å². The molecule has 11 heteroatoms. The topological polar surface area (TPSA) is 131 Å². The summed E-state index contributed by atoms with van der Waals surface area (Å²) < 4.78 is 36.7. The molecule has 2 heterocycles. The highest BCUT2D eigenvalue weighted by Crippen LogP contribution is 2.36. The molecule has 2 aliphatic rings. The summed E-state index contributed by atoms with van der Waals surface area (Å²) in [6.45, 7) is 4.95. The molecule has 244 valence electrons. The van der Waals surface area contributed by atoms with E-state index in [2.05, 4.69) is 10.6 Å². The van der Waals surface area contributed by atoms with Crippen molar-refractivity contribution in [1.29, 1.82) is 0 Å². The third-order valence-electron chi connectivity index (χ3n) is 7.70. The fourth-order valence-corrected chi connectivity index (χ4v) is 5.34. The number of carbonyl (C=O) groups excluding carboxylic acids is 3. The largest absolute Gasteiger partial charge is 0.459 e. The number of esters is 1. The number of hydrogen-bond acceptors (Lipinski definition) is 9. The van der Waals surface area contributed by atoms with Gasteiger partial charge in [0.1, 0.15) is 43.1 Å². The van der Waals surface area contributed by atoms with E-state index in [1.54, 1.807) is 13.8 Å². The fraction of sp³-hybridized carbons (Fsp3) is 0.400. The van der Waals surface area contributed by atoms with Gasteiger partial charge in [-0.2, -0.15) is 0 Å². The Labute approximate surface area is 268 Å². The maximum Gasteiger partial charge on any atom is 0.328 e. The first-order valence-corrected chi connectivity index (χ1v) is 15.3. The van der Waals surface area contributed by atoms with Gasteiger partial charge in [0.15, 0.2) is 12.6 Å². The van der Waals surface area contributed by atoms with Crippen molar-refractivity contribution in [3.05, 3.63) is 108 Å². The lowest BCUT2D eigenvalue weighted by molar-refractivity contribution is -0.351. The quantitative estimate of drug-likeness (QED) is 0.288. The van der Waals surface area contributed by atoms with Crippen LogP contribution in [0.2, 0.25) is 0 Å². The predicted octanol–water partition coefficient (Wildman–Crippen LogP) is 3.57. The lowest BCUT2D eigenvalue weighted by atomic mass is 9.95. The molecular weight excluding hydrogens is 592 g/mol. The molecule has 2 saturated heterocycles. The SMILES string of the molecule is CC(=O)N[C@@H]1[C@H](OCc2ccccc2)O[C@H]2CO[C@@H](c3ccccc3)O[C@H]2[C@@H]1O[C@@H](C)C(=O)N[C@@H](C)C(=O)OCc1ccccc1. The van der Waals surface area contributed by atoms with E-state index in [1.165, 1.54) is 6.92 Å². The molecular formula is C35H40N2O9. The average Bonchev–Trinajstić information content (AvgIpc) is 3.08. The first-order valence-electron chi connectivity index (χ1n) is 15.3. The van der Waals surface area contributed by atoms with Gasteiger partial charge in [-0.15, -0.1) is 0 Å². The zero-order valence-electron chi connectivity index (χ0n) is 26.1. The number of rotatable bonds is 12. The molecule has 2 aliphatic heterocycles. The molecule has 2 N–H and O–H groups in total. The zero-order chi connectivity index (χ0) is 32.5. The Bertz CT molecular complexity index is 1430. The van der Waals surface area contributed by atoms with Crippen LogP contribution in [0.3, 0.4) is 0 Å². The van der Waals surface area contributed by atoms with Crippen molar-refractivity contribution in [2.45, 2.75) is 83.1 Å². The van der Waals surface area contributed by atoms with Gasteiger partial charge in [-0.25, -0.2) is 4.79 Å². The van der Waals surface area contributed by atoms with Crippen LogP contribution < -0.4 is 10.6 Å². The van der Waals surface area contributed by atoms with Gasteiger partial charge in [-0.3, -0.25) is 9.59 Å². The molecule has 2 amide bonds. The average molecular weight is 633 g/mol. The molecule has 0 unspecified atom stereocenters. The second kappa shape index (κ2) is 15.9. The van der Waals surface area contributed by atoms with Crippen molar-refractivity contribution in [2.24, 2.45) is 0 Å². The van der Waals surface area contributed by atoms with Crippen molar-refractivity contribution < 1.29 is 42.8 Å². The Morgan fingerprint density at radius 2 is 1.46 bits per heavy atom. The smallest absolute Gasteiger partial charge is 0.328 e. The van der Waals surface area contributed by atoms with Crippen LogP contribution >= 0.6 is 0 Å². The third-order valence-corrected chi connectivity index (χ3v) is 7.70. The van der Waals surface area contributed by atoms with Crippen molar-refractivity contribution in [1.82, 2.24) is 10.6 Å². The number of carbonyl (C=O) groups is 3. The van der Waals surface area contributed by atoms with E-state index in [0.717, 1.165) is 16.7 Å². The number of amides is 2. The van der Waals surface area contributed by atoms with Gasteiger partial charge in [-0.1, -0.05) is 91.0 Å². The Kier molecular flexibility index (Phi) is 11.5. The molecule has 3 aromatic rings. The lowest BCUT2D eigenvalue weighted by Crippen LogP contribution is -2.68. The minimum atomic E-state index is -1.05. The number of nitrogens with one attached hydrogen (secondary N) is 2. The minimum Gasteiger partial charge on any atom is -0.459 e. The van der Waals surface area contributed by atoms with Crippen molar-refractivity contribution in [3.63, 3.8) is 0 Å². The summed E-state index contributed by atoms with van der Waals surface area (Å²) in [7, 11) is 0. The van der Waals surface area contributed by atoms with Crippen LogP contribution in [-0.2, 0) is 56.0 Å². The third kappa shape index (κ3) is 8.77. The number of ether oxygens (including phenoxy) is 6. The van der Waals surface area contributed by atoms with Gasteiger partial charge in [0.05, 0.1) is 13.2 Å². The molecule has 0 aromatic heterocycles. The summed E-state index contributed by atoms with van der Waals surface area (Å²) in [5, 5.41) is 5.57. The normalized spacial score (nSPS) is 25.4. The second-order valence-corrected chi connectivity index (χ2v) is 11.3. The molecule has 11 nitrogen and oxygen atoms in total. The molecule has 3 aromatic carbocycles. The first-order chi connectivity index (χ1) is 22.3. The van der Waals surface area contributed by atoms with Crippen LogP contribution in [0.1, 0.15) is 43.8 Å². The van der Waals surface area contributed by atoms with Gasteiger partial charge in [0.2, 0.25) is 11.8 Å². The molecule has 2 fully saturated rings. The van der Waals surface area contributed by atoms with Crippen molar-refractivity contribution in [2.75, 3.05) is 6.61 Å². The molecule has 0 aliphatic carbocycles. The fourth-order valence-electron chi connectivity index (χ4n) is 5.34. The molecule has 0 bridgehead atoms. The molecule has 0 spiro atoms. The van der Waals surface area contributed by atoms with E-state index in [0.29, 0.717) is 0 Å². The van der Waals surface area contributed by atoms with E-state index >= 15 is 0 Å². The van der Waals surface area contributed by atoms with E-state index in [4.69, 9.17) is 28.4 Å². The minimum absolute atomic E-state index is 0.0852. The first kappa shape index (κ1) is 33.2. The summed E-state index contributed by atoms with van der Waals surface area (Å²) in [5.41, 5.74) is 2.54. The summed E-state index contributed by atoms with van der Waals surface area (Å²) in [6, 6.07) is 26.5. The molecule has 8 atom stereocenters. The van der Waals surface area contributed by atoms with Gasteiger partial charge >= 0.3 is 5.97 Å². The van der Waals surface area contributed by atoms with Crippen LogP contribution in [0.5, 0.6) is 0 Å². The maximum absolute atomic E-state index is 13.3. The van der Waals surface area contributed by atoms with Crippen molar-refractivity contribution >= 4 is 17.8 Å². The highest BCUT2D eigenvalue weighted by Gasteiger charge is 2.52. The van der Waals surface area contributed by atoms with Gasteiger partial charge < -0.3 is 39.1 Å². The summed E-state index contributed by atoms with van der Waals surface area (Å²) in [6.07, 6.45) is -4.98. The highest BCUT2D eigenvalue weighted by atomic mass is 16.8. The summed E-state index contributed by atoms with van der Waals surface area (Å²) in [5.74, 6) is -1.46. The lowest BCUT2D eigenvalue weighted by Gasteiger charge is -2.49. The summed E-state index contributed by atoms with van der Waals surface area (Å²) in [4.78, 5) is 38.4. The number of fused-ring (bicyclic) bond motifs is 1. The van der Waals surface area contributed by atoms with Gasteiger partial charge in [-0.05, 0) is 25.0 Å². The van der Waals surface area contributed by atoms with E-state index in [9.17, 15) is 14.4 Å². The van der Waals surface area contributed by atoms with E-state index < -0.39 is 61.0 Å².